The van der Waals surface area contributed by atoms with E-state index in [-0.39, 0.29) is 0 Å². The molecule has 0 saturated carbocycles. The summed E-state index contributed by atoms with van der Waals surface area (Å²) >= 11 is 0. The van der Waals surface area contributed by atoms with E-state index < -0.39 is 5.60 Å². The quantitative estimate of drug-likeness (QED) is 0.900. The van der Waals surface area contributed by atoms with Crippen LogP contribution in [0.15, 0.2) is 24.3 Å². The van der Waals surface area contributed by atoms with E-state index in [1.54, 1.807) is 0 Å². The van der Waals surface area contributed by atoms with Gasteiger partial charge in [-0.25, -0.2) is 0 Å². The van der Waals surface area contributed by atoms with Crippen molar-refractivity contribution >= 4 is 0 Å². The minimum atomic E-state index is -0.502. The van der Waals surface area contributed by atoms with Crippen molar-refractivity contribution in [3.05, 3.63) is 35.4 Å². The molecule has 0 spiro atoms. The van der Waals surface area contributed by atoms with Gasteiger partial charge in [-0.2, -0.15) is 0 Å². The number of rotatable bonds is 4. The van der Waals surface area contributed by atoms with Crippen LogP contribution in [0.4, 0.5) is 0 Å². The number of hydrogen-bond acceptors (Lipinski definition) is 2. The van der Waals surface area contributed by atoms with E-state index in [4.69, 9.17) is 0 Å². The number of aryl methyl sites for hydroxylation is 1. The molecule has 2 heteroatoms. The Labute approximate surface area is 117 Å². The zero-order chi connectivity index (χ0) is 13.7. The lowest BCUT2D eigenvalue weighted by molar-refractivity contribution is 0.0258. The Bertz CT molecular complexity index is 387. The molecule has 0 aromatic heterocycles. The van der Waals surface area contributed by atoms with E-state index in [0.29, 0.717) is 0 Å². The Morgan fingerprint density at radius 1 is 1.05 bits per heavy atom. The molecule has 1 atom stereocenters. The highest BCUT2D eigenvalue weighted by Crippen LogP contribution is 2.26. The van der Waals surface area contributed by atoms with Crippen molar-refractivity contribution in [2.24, 2.45) is 0 Å². The van der Waals surface area contributed by atoms with Gasteiger partial charge in [0, 0.05) is 13.0 Å². The minimum Gasteiger partial charge on any atom is -0.389 e. The molecule has 1 fully saturated rings. The number of benzene rings is 1. The van der Waals surface area contributed by atoms with Crippen LogP contribution in [0, 0.1) is 0 Å². The summed E-state index contributed by atoms with van der Waals surface area (Å²) in [6, 6.07) is 8.74. The topological polar surface area (TPSA) is 23.5 Å². The summed E-state index contributed by atoms with van der Waals surface area (Å²) in [6.45, 7) is 7.63. The molecule has 1 N–H and O–H groups in total. The first kappa shape index (κ1) is 14.5. The number of nitrogens with zero attached hydrogens (tertiary/aromatic N) is 1. The van der Waals surface area contributed by atoms with Gasteiger partial charge in [-0.15, -0.1) is 0 Å². The van der Waals surface area contributed by atoms with Crippen LogP contribution in [-0.2, 0) is 12.8 Å². The molecule has 1 saturated heterocycles. The van der Waals surface area contributed by atoms with Gasteiger partial charge >= 0.3 is 0 Å². The van der Waals surface area contributed by atoms with Crippen LogP contribution in [0.2, 0.25) is 0 Å². The van der Waals surface area contributed by atoms with E-state index in [1.807, 2.05) is 0 Å². The lowest BCUT2D eigenvalue weighted by Crippen LogP contribution is -2.33. The largest absolute Gasteiger partial charge is 0.389 e. The molecule has 106 valence electrons. The number of aliphatic hydroxyl groups is 1. The lowest BCUT2D eigenvalue weighted by Gasteiger charge is -2.27. The Morgan fingerprint density at radius 3 is 2.37 bits per heavy atom. The first-order valence-electron chi connectivity index (χ1n) is 7.68. The fourth-order valence-electron chi connectivity index (χ4n) is 3.00. The van der Waals surface area contributed by atoms with E-state index in [9.17, 15) is 5.11 Å². The standard InChI is InChI=1S/C17H27NO/c1-3-15-6-8-16(9-7-15)14-17(19)10-5-12-18(4-2)13-11-17/h6-9,19H,3-5,10-14H2,1-2H3. The maximum Gasteiger partial charge on any atom is 0.0700 e. The SMILES string of the molecule is CCc1ccc(CC2(O)CCCN(CC)CC2)cc1. The van der Waals surface area contributed by atoms with Crippen LogP contribution in [0.3, 0.4) is 0 Å². The van der Waals surface area contributed by atoms with E-state index in [0.717, 1.165) is 51.7 Å². The molecule has 1 unspecified atom stereocenters. The third kappa shape index (κ3) is 4.05. The molecular formula is C17H27NO. The van der Waals surface area contributed by atoms with Crippen LogP contribution in [0.25, 0.3) is 0 Å². The third-order valence-electron chi connectivity index (χ3n) is 4.42. The van der Waals surface area contributed by atoms with Gasteiger partial charge in [0.1, 0.15) is 0 Å². The minimum absolute atomic E-state index is 0.502. The van der Waals surface area contributed by atoms with Crippen LogP contribution < -0.4 is 0 Å². The molecule has 0 radical (unpaired) electrons. The van der Waals surface area contributed by atoms with E-state index in [2.05, 4.69) is 43.0 Å². The zero-order valence-electron chi connectivity index (χ0n) is 12.4. The van der Waals surface area contributed by atoms with Crippen LogP contribution in [0.5, 0.6) is 0 Å². The normalized spacial score (nSPS) is 25.2. The molecule has 0 aliphatic carbocycles. The highest BCUT2D eigenvalue weighted by molar-refractivity contribution is 5.23. The molecular weight excluding hydrogens is 234 g/mol. The van der Waals surface area contributed by atoms with Gasteiger partial charge in [0.05, 0.1) is 5.60 Å². The summed E-state index contributed by atoms with van der Waals surface area (Å²) in [5.41, 5.74) is 2.14. The summed E-state index contributed by atoms with van der Waals surface area (Å²) in [7, 11) is 0. The Morgan fingerprint density at radius 2 is 1.74 bits per heavy atom. The van der Waals surface area contributed by atoms with E-state index in [1.165, 1.54) is 11.1 Å². The molecule has 2 nitrogen and oxygen atoms in total. The Kier molecular flexibility index (Phi) is 5.00. The van der Waals surface area contributed by atoms with Crippen LogP contribution in [0.1, 0.15) is 44.2 Å². The fourth-order valence-corrected chi connectivity index (χ4v) is 3.00. The molecule has 1 aliphatic heterocycles. The predicted octanol–water partition coefficient (Wildman–Crippen LogP) is 3.03. The molecule has 1 aliphatic rings. The smallest absolute Gasteiger partial charge is 0.0700 e. The van der Waals surface area contributed by atoms with Gasteiger partial charge in [0.2, 0.25) is 0 Å². The van der Waals surface area contributed by atoms with Gasteiger partial charge in [-0.05, 0) is 49.9 Å². The predicted molar refractivity (Wildman–Crippen MR) is 80.4 cm³/mol. The monoisotopic (exact) mass is 261 g/mol. The van der Waals surface area contributed by atoms with Crippen molar-refractivity contribution < 1.29 is 5.11 Å². The van der Waals surface area contributed by atoms with Gasteiger partial charge in [-0.3, -0.25) is 0 Å². The second kappa shape index (κ2) is 6.53. The lowest BCUT2D eigenvalue weighted by atomic mass is 9.87. The first-order valence-corrected chi connectivity index (χ1v) is 7.68. The average Bonchev–Trinajstić information content (AvgIpc) is 2.61. The van der Waals surface area contributed by atoms with Crippen molar-refractivity contribution in [2.75, 3.05) is 19.6 Å². The number of likely N-dealkylation sites (tertiary alicyclic amines) is 1. The van der Waals surface area contributed by atoms with E-state index >= 15 is 0 Å². The highest BCUT2D eigenvalue weighted by atomic mass is 16.3. The molecule has 19 heavy (non-hydrogen) atoms. The fraction of sp³-hybridized carbons (Fsp3) is 0.647. The molecule has 1 aromatic carbocycles. The van der Waals surface area contributed by atoms with Crippen molar-refractivity contribution in [3.8, 4) is 0 Å². The molecule has 0 bridgehead atoms. The average molecular weight is 261 g/mol. The van der Waals surface area contributed by atoms with Gasteiger partial charge < -0.3 is 10.0 Å². The van der Waals surface area contributed by atoms with Gasteiger partial charge in [-0.1, -0.05) is 38.1 Å². The van der Waals surface area contributed by atoms with Crippen molar-refractivity contribution in [3.63, 3.8) is 0 Å². The van der Waals surface area contributed by atoms with Crippen molar-refractivity contribution in [2.45, 2.75) is 51.6 Å². The van der Waals surface area contributed by atoms with Gasteiger partial charge in [0.15, 0.2) is 0 Å². The Balaban J connectivity index is 1.99. The zero-order valence-corrected chi connectivity index (χ0v) is 12.4. The third-order valence-corrected chi connectivity index (χ3v) is 4.42. The summed E-state index contributed by atoms with van der Waals surface area (Å²) in [4.78, 5) is 2.44. The molecule has 1 heterocycles. The van der Waals surface area contributed by atoms with Crippen molar-refractivity contribution in [1.29, 1.82) is 0 Å². The van der Waals surface area contributed by atoms with Crippen LogP contribution in [-0.4, -0.2) is 35.2 Å². The number of hydrogen-bond donors (Lipinski definition) is 1. The van der Waals surface area contributed by atoms with Crippen LogP contribution >= 0.6 is 0 Å². The second-order valence-corrected chi connectivity index (χ2v) is 5.86. The molecule has 0 amide bonds. The summed E-state index contributed by atoms with van der Waals surface area (Å²) < 4.78 is 0. The molecule has 1 aromatic rings. The maximum atomic E-state index is 10.8. The summed E-state index contributed by atoms with van der Waals surface area (Å²) in [5.74, 6) is 0. The second-order valence-electron chi connectivity index (χ2n) is 5.86. The first-order chi connectivity index (χ1) is 9.15. The molecule has 2 rings (SSSR count). The summed E-state index contributed by atoms with van der Waals surface area (Å²) in [6.07, 6.45) is 4.82. The van der Waals surface area contributed by atoms with Crippen molar-refractivity contribution in [1.82, 2.24) is 4.90 Å². The highest BCUT2D eigenvalue weighted by Gasteiger charge is 2.29. The maximum absolute atomic E-state index is 10.8. The summed E-state index contributed by atoms with van der Waals surface area (Å²) in [5, 5.41) is 10.8. The Hall–Kier alpha value is -0.860. The van der Waals surface area contributed by atoms with Gasteiger partial charge in [0.25, 0.3) is 0 Å².